The van der Waals surface area contributed by atoms with E-state index in [1.54, 1.807) is 0 Å². The standard InChI is InChI=1S/C16H30N2O/c1-4-16(3,18-11-7-8-12-18)15(17-5-2)14-10-6-9-13-19-14/h10,15,17H,4-9,11-13H2,1-3H3. The molecule has 3 heteroatoms. The van der Waals surface area contributed by atoms with Gasteiger partial charge in [-0.15, -0.1) is 0 Å². The van der Waals surface area contributed by atoms with Crippen molar-refractivity contribution in [3.05, 3.63) is 11.8 Å². The lowest BCUT2D eigenvalue weighted by Gasteiger charge is -2.45. The van der Waals surface area contributed by atoms with Crippen molar-refractivity contribution in [2.24, 2.45) is 0 Å². The van der Waals surface area contributed by atoms with E-state index in [2.05, 4.69) is 37.1 Å². The summed E-state index contributed by atoms with van der Waals surface area (Å²) in [7, 11) is 0. The van der Waals surface area contributed by atoms with Gasteiger partial charge >= 0.3 is 0 Å². The van der Waals surface area contributed by atoms with E-state index in [9.17, 15) is 0 Å². The zero-order valence-electron chi connectivity index (χ0n) is 12.9. The van der Waals surface area contributed by atoms with Crippen LogP contribution in [-0.4, -0.2) is 42.7 Å². The average Bonchev–Trinajstić information content (AvgIpc) is 2.99. The van der Waals surface area contributed by atoms with Crippen molar-refractivity contribution < 1.29 is 4.74 Å². The van der Waals surface area contributed by atoms with Crippen molar-refractivity contribution >= 4 is 0 Å². The third-order valence-electron chi connectivity index (χ3n) is 4.82. The smallest absolute Gasteiger partial charge is 0.111 e. The van der Waals surface area contributed by atoms with Crippen LogP contribution in [0.15, 0.2) is 11.8 Å². The van der Waals surface area contributed by atoms with Gasteiger partial charge in [0.05, 0.1) is 12.6 Å². The number of allylic oxidation sites excluding steroid dienone is 1. The van der Waals surface area contributed by atoms with E-state index in [0.29, 0.717) is 6.04 Å². The Morgan fingerprint density at radius 3 is 2.58 bits per heavy atom. The summed E-state index contributed by atoms with van der Waals surface area (Å²) in [6, 6.07) is 0.334. The molecule has 0 saturated carbocycles. The minimum atomic E-state index is 0.176. The third kappa shape index (κ3) is 3.14. The Morgan fingerprint density at radius 1 is 1.32 bits per heavy atom. The highest BCUT2D eigenvalue weighted by molar-refractivity contribution is 5.15. The summed E-state index contributed by atoms with van der Waals surface area (Å²) in [5.41, 5.74) is 0.176. The Morgan fingerprint density at radius 2 is 2.05 bits per heavy atom. The molecule has 1 N–H and O–H groups in total. The Balaban J connectivity index is 2.20. The van der Waals surface area contributed by atoms with Gasteiger partial charge in [-0.05, 0) is 64.7 Å². The van der Waals surface area contributed by atoms with Crippen molar-refractivity contribution in [3.8, 4) is 0 Å². The Labute approximate surface area is 118 Å². The molecular weight excluding hydrogens is 236 g/mol. The molecule has 19 heavy (non-hydrogen) atoms. The fourth-order valence-electron chi connectivity index (χ4n) is 3.45. The van der Waals surface area contributed by atoms with Crippen LogP contribution in [-0.2, 0) is 4.74 Å². The molecule has 3 nitrogen and oxygen atoms in total. The fourth-order valence-corrected chi connectivity index (χ4v) is 3.45. The molecule has 0 bridgehead atoms. The molecule has 2 aliphatic heterocycles. The van der Waals surface area contributed by atoms with Gasteiger partial charge in [0.2, 0.25) is 0 Å². The maximum absolute atomic E-state index is 5.97. The van der Waals surface area contributed by atoms with E-state index in [0.717, 1.165) is 32.4 Å². The van der Waals surface area contributed by atoms with Gasteiger partial charge in [0.15, 0.2) is 0 Å². The van der Waals surface area contributed by atoms with Crippen LogP contribution in [0.1, 0.15) is 52.9 Å². The van der Waals surface area contributed by atoms with Crippen molar-refractivity contribution in [1.82, 2.24) is 10.2 Å². The molecule has 0 aromatic carbocycles. The first-order valence-corrected chi connectivity index (χ1v) is 8.03. The molecule has 2 unspecified atom stereocenters. The van der Waals surface area contributed by atoms with Gasteiger partial charge in [-0.1, -0.05) is 13.8 Å². The number of nitrogens with zero attached hydrogens (tertiary/aromatic N) is 1. The highest BCUT2D eigenvalue weighted by atomic mass is 16.5. The first-order valence-electron chi connectivity index (χ1n) is 8.03. The van der Waals surface area contributed by atoms with Crippen LogP contribution in [0.25, 0.3) is 0 Å². The summed E-state index contributed by atoms with van der Waals surface area (Å²) in [6.07, 6.45) is 8.47. The summed E-state index contributed by atoms with van der Waals surface area (Å²) in [5, 5.41) is 3.69. The number of rotatable bonds is 6. The molecule has 0 amide bonds. The van der Waals surface area contributed by atoms with E-state index >= 15 is 0 Å². The number of ether oxygens (including phenoxy) is 1. The van der Waals surface area contributed by atoms with E-state index in [-0.39, 0.29) is 5.54 Å². The summed E-state index contributed by atoms with van der Waals surface area (Å²) in [5.74, 6) is 1.18. The molecule has 0 aromatic heterocycles. The van der Waals surface area contributed by atoms with Crippen molar-refractivity contribution in [1.29, 1.82) is 0 Å². The maximum atomic E-state index is 5.97. The predicted octanol–water partition coefficient (Wildman–Crippen LogP) is 2.92. The Bertz CT molecular complexity index is 310. The van der Waals surface area contributed by atoms with Crippen LogP contribution < -0.4 is 5.32 Å². The maximum Gasteiger partial charge on any atom is 0.111 e. The van der Waals surface area contributed by atoms with Crippen LogP contribution in [0.5, 0.6) is 0 Å². The predicted molar refractivity (Wildman–Crippen MR) is 80.2 cm³/mol. The second-order valence-corrected chi connectivity index (χ2v) is 5.99. The quantitative estimate of drug-likeness (QED) is 0.800. The SMILES string of the molecule is CCNC(C1=CCCCO1)C(C)(CC)N1CCCC1. The minimum absolute atomic E-state index is 0.176. The summed E-state index contributed by atoms with van der Waals surface area (Å²) >= 11 is 0. The summed E-state index contributed by atoms with van der Waals surface area (Å²) < 4.78 is 5.97. The molecule has 0 radical (unpaired) electrons. The molecule has 0 aromatic rings. The topological polar surface area (TPSA) is 24.5 Å². The zero-order valence-corrected chi connectivity index (χ0v) is 12.9. The molecule has 2 atom stereocenters. The largest absolute Gasteiger partial charge is 0.497 e. The lowest BCUT2D eigenvalue weighted by molar-refractivity contribution is 0.0593. The first kappa shape index (κ1) is 14.9. The summed E-state index contributed by atoms with van der Waals surface area (Å²) in [6.45, 7) is 11.3. The lowest BCUT2D eigenvalue weighted by atomic mass is 9.85. The van der Waals surface area contributed by atoms with Gasteiger partial charge in [-0.25, -0.2) is 0 Å². The number of likely N-dealkylation sites (tertiary alicyclic amines) is 1. The second kappa shape index (κ2) is 6.76. The van der Waals surface area contributed by atoms with Gasteiger partial charge in [0.25, 0.3) is 0 Å². The van der Waals surface area contributed by atoms with Crippen LogP contribution in [0.4, 0.5) is 0 Å². The van der Waals surface area contributed by atoms with E-state index in [4.69, 9.17) is 4.74 Å². The van der Waals surface area contributed by atoms with E-state index in [1.807, 2.05) is 0 Å². The van der Waals surface area contributed by atoms with Crippen molar-refractivity contribution in [2.75, 3.05) is 26.2 Å². The van der Waals surface area contributed by atoms with Gasteiger partial charge in [-0.2, -0.15) is 0 Å². The average molecular weight is 266 g/mol. The second-order valence-electron chi connectivity index (χ2n) is 5.99. The van der Waals surface area contributed by atoms with Gasteiger partial charge < -0.3 is 10.1 Å². The molecule has 2 aliphatic rings. The van der Waals surface area contributed by atoms with Crippen molar-refractivity contribution in [3.63, 3.8) is 0 Å². The molecule has 2 rings (SSSR count). The lowest BCUT2D eigenvalue weighted by Crippen LogP contribution is -2.59. The van der Waals surface area contributed by atoms with E-state index < -0.39 is 0 Å². The summed E-state index contributed by atoms with van der Waals surface area (Å²) in [4.78, 5) is 2.67. The number of hydrogen-bond donors (Lipinski definition) is 1. The Kier molecular flexibility index (Phi) is 5.28. The highest BCUT2D eigenvalue weighted by Crippen LogP contribution is 2.32. The molecule has 2 heterocycles. The molecule has 0 spiro atoms. The van der Waals surface area contributed by atoms with Gasteiger partial charge in [0, 0.05) is 5.54 Å². The van der Waals surface area contributed by atoms with Crippen LogP contribution >= 0.6 is 0 Å². The first-order chi connectivity index (χ1) is 9.22. The minimum Gasteiger partial charge on any atom is -0.497 e. The number of likely N-dealkylation sites (N-methyl/N-ethyl adjacent to an activating group) is 1. The molecule has 0 aliphatic carbocycles. The Hall–Kier alpha value is -0.540. The van der Waals surface area contributed by atoms with Crippen LogP contribution in [0.3, 0.4) is 0 Å². The molecule has 1 saturated heterocycles. The normalized spacial score (nSPS) is 25.5. The van der Waals surface area contributed by atoms with E-state index in [1.165, 1.54) is 31.7 Å². The monoisotopic (exact) mass is 266 g/mol. The molecular formula is C16H30N2O. The molecule has 110 valence electrons. The number of nitrogens with one attached hydrogen (secondary N) is 1. The third-order valence-corrected chi connectivity index (χ3v) is 4.82. The zero-order chi connectivity index (χ0) is 13.7. The van der Waals surface area contributed by atoms with Crippen LogP contribution in [0, 0.1) is 0 Å². The van der Waals surface area contributed by atoms with Gasteiger partial charge in [0.1, 0.15) is 5.76 Å². The number of hydrogen-bond acceptors (Lipinski definition) is 3. The van der Waals surface area contributed by atoms with Crippen molar-refractivity contribution in [2.45, 2.75) is 64.5 Å². The molecule has 1 fully saturated rings. The fraction of sp³-hybridized carbons (Fsp3) is 0.875. The van der Waals surface area contributed by atoms with Crippen LogP contribution in [0.2, 0.25) is 0 Å². The highest BCUT2D eigenvalue weighted by Gasteiger charge is 2.41. The van der Waals surface area contributed by atoms with Gasteiger partial charge in [-0.3, -0.25) is 4.90 Å².